The fourth-order valence-corrected chi connectivity index (χ4v) is 1.47. The number of carbonyl (C=O) groups is 1. The summed E-state index contributed by atoms with van der Waals surface area (Å²) in [5.74, 6) is -0.347. The summed E-state index contributed by atoms with van der Waals surface area (Å²) >= 11 is 6.03. The Hall–Kier alpha value is -1.55. The van der Waals surface area contributed by atoms with Crippen LogP contribution in [0.15, 0.2) is 23.3 Å². The van der Waals surface area contributed by atoms with Crippen LogP contribution in [-0.2, 0) is 16.1 Å². The van der Waals surface area contributed by atoms with Crippen LogP contribution in [0.25, 0.3) is 0 Å². The van der Waals surface area contributed by atoms with E-state index in [1.165, 1.54) is 6.92 Å². The summed E-state index contributed by atoms with van der Waals surface area (Å²) in [6.07, 6.45) is 0. The minimum atomic E-state index is -0.347. The zero-order valence-corrected chi connectivity index (χ0v) is 9.99. The minimum absolute atomic E-state index is 0.129. The Labute approximate surface area is 99.5 Å². The van der Waals surface area contributed by atoms with Crippen molar-refractivity contribution in [3.05, 3.63) is 28.8 Å². The van der Waals surface area contributed by atoms with E-state index in [0.717, 1.165) is 5.69 Å². The van der Waals surface area contributed by atoms with Crippen LogP contribution in [0.1, 0.15) is 12.5 Å². The lowest BCUT2D eigenvalue weighted by Crippen LogP contribution is -2.11. The van der Waals surface area contributed by atoms with Gasteiger partial charge < -0.3 is 4.74 Å². The normalized spacial score (nSPS) is 9.69. The number of nitrogens with zero attached hydrogens (tertiary/aromatic N) is 2. The van der Waals surface area contributed by atoms with Crippen LogP contribution < -0.4 is 5.01 Å². The first kappa shape index (κ1) is 12.5. The Kier molecular flexibility index (Phi) is 4.31. The van der Waals surface area contributed by atoms with Gasteiger partial charge in [0.05, 0.1) is 5.69 Å². The molecule has 0 N–H and O–H groups in total. The topological polar surface area (TPSA) is 41.9 Å². The molecule has 1 aromatic rings. The van der Waals surface area contributed by atoms with Crippen molar-refractivity contribution in [1.29, 1.82) is 0 Å². The Morgan fingerprint density at radius 2 is 2.31 bits per heavy atom. The molecule has 5 heteroatoms. The second kappa shape index (κ2) is 5.51. The summed E-state index contributed by atoms with van der Waals surface area (Å²) in [5.41, 5.74) is 1.48. The third-order valence-corrected chi connectivity index (χ3v) is 2.43. The van der Waals surface area contributed by atoms with Gasteiger partial charge >= 0.3 is 5.97 Å². The third-order valence-electron chi connectivity index (χ3n) is 2.07. The third kappa shape index (κ3) is 2.97. The number of esters is 1. The van der Waals surface area contributed by atoms with Crippen molar-refractivity contribution in [2.24, 2.45) is 5.10 Å². The van der Waals surface area contributed by atoms with E-state index in [0.29, 0.717) is 10.6 Å². The molecule has 0 aliphatic rings. The molecule has 0 radical (unpaired) electrons. The maximum Gasteiger partial charge on any atom is 0.302 e. The second-order valence-electron chi connectivity index (χ2n) is 3.18. The molecule has 4 nitrogen and oxygen atoms in total. The Morgan fingerprint density at radius 3 is 2.88 bits per heavy atom. The average molecular weight is 241 g/mol. The van der Waals surface area contributed by atoms with E-state index in [1.54, 1.807) is 24.2 Å². The molecule has 0 aliphatic carbocycles. The SMILES string of the molecule is C=NN(C)c1cccc(Cl)c1COC(C)=O. The summed E-state index contributed by atoms with van der Waals surface area (Å²) in [6.45, 7) is 4.91. The van der Waals surface area contributed by atoms with Crippen LogP contribution >= 0.6 is 11.6 Å². The molecule has 0 aromatic heterocycles. The lowest BCUT2D eigenvalue weighted by Gasteiger charge is -2.17. The maximum absolute atomic E-state index is 10.8. The van der Waals surface area contributed by atoms with E-state index < -0.39 is 0 Å². The Morgan fingerprint density at radius 1 is 1.62 bits per heavy atom. The van der Waals surface area contributed by atoms with Crippen molar-refractivity contribution in [1.82, 2.24) is 0 Å². The van der Waals surface area contributed by atoms with Gasteiger partial charge in [-0.3, -0.25) is 9.80 Å². The first-order chi connectivity index (χ1) is 7.56. The van der Waals surface area contributed by atoms with Crippen molar-refractivity contribution in [2.45, 2.75) is 13.5 Å². The number of hydrazone groups is 1. The molecule has 0 amide bonds. The lowest BCUT2D eigenvalue weighted by molar-refractivity contribution is -0.142. The highest BCUT2D eigenvalue weighted by atomic mass is 35.5. The minimum Gasteiger partial charge on any atom is -0.461 e. The number of halogens is 1. The van der Waals surface area contributed by atoms with Gasteiger partial charge in [0, 0.05) is 31.3 Å². The molecule has 0 fully saturated rings. The molecule has 0 unspecified atom stereocenters. The van der Waals surface area contributed by atoms with Gasteiger partial charge in [-0.05, 0) is 12.1 Å². The second-order valence-corrected chi connectivity index (χ2v) is 3.59. The van der Waals surface area contributed by atoms with Crippen molar-refractivity contribution in [2.75, 3.05) is 12.1 Å². The predicted molar refractivity (Wildman–Crippen MR) is 64.9 cm³/mol. The smallest absolute Gasteiger partial charge is 0.302 e. The molecule has 1 rings (SSSR count). The molecule has 0 aliphatic heterocycles. The number of carbonyl (C=O) groups excluding carboxylic acids is 1. The number of hydrogen-bond donors (Lipinski definition) is 0. The van der Waals surface area contributed by atoms with Crippen LogP contribution in [0.4, 0.5) is 5.69 Å². The monoisotopic (exact) mass is 240 g/mol. The number of anilines is 1. The Balaban J connectivity index is 3.03. The molecule has 0 bridgehead atoms. The summed E-state index contributed by atoms with van der Waals surface area (Å²) in [6, 6.07) is 5.37. The van der Waals surface area contributed by atoms with Gasteiger partial charge in [-0.15, -0.1) is 0 Å². The zero-order valence-electron chi connectivity index (χ0n) is 9.24. The molecule has 0 saturated heterocycles. The number of hydrogen-bond acceptors (Lipinski definition) is 4. The quantitative estimate of drug-likeness (QED) is 0.461. The van der Waals surface area contributed by atoms with Gasteiger partial charge in [0.15, 0.2) is 0 Å². The number of rotatable bonds is 4. The van der Waals surface area contributed by atoms with Gasteiger partial charge in [-0.2, -0.15) is 5.10 Å². The van der Waals surface area contributed by atoms with Crippen molar-refractivity contribution >= 4 is 30.0 Å². The summed E-state index contributed by atoms with van der Waals surface area (Å²) in [7, 11) is 1.75. The molecule has 0 heterocycles. The zero-order chi connectivity index (χ0) is 12.1. The first-order valence-corrected chi connectivity index (χ1v) is 5.05. The molecule has 0 saturated carbocycles. The van der Waals surface area contributed by atoms with Gasteiger partial charge in [0.1, 0.15) is 6.61 Å². The van der Waals surface area contributed by atoms with E-state index in [1.807, 2.05) is 6.07 Å². The van der Waals surface area contributed by atoms with Crippen molar-refractivity contribution in [3.63, 3.8) is 0 Å². The molecule has 16 heavy (non-hydrogen) atoms. The molecular formula is C11H13ClN2O2. The fraction of sp³-hybridized carbons (Fsp3) is 0.273. The first-order valence-electron chi connectivity index (χ1n) is 4.67. The predicted octanol–water partition coefficient (Wildman–Crippen LogP) is 2.45. The van der Waals surface area contributed by atoms with E-state index in [2.05, 4.69) is 11.8 Å². The molecule has 86 valence electrons. The van der Waals surface area contributed by atoms with Crippen molar-refractivity contribution in [3.8, 4) is 0 Å². The molecule has 1 aromatic carbocycles. The van der Waals surface area contributed by atoms with Gasteiger partial charge in [-0.1, -0.05) is 17.7 Å². The van der Waals surface area contributed by atoms with Crippen LogP contribution in [0.2, 0.25) is 5.02 Å². The van der Waals surface area contributed by atoms with E-state index in [9.17, 15) is 4.79 Å². The average Bonchev–Trinajstić information content (AvgIpc) is 2.25. The lowest BCUT2D eigenvalue weighted by atomic mass is 10.2. The largest absolute Gasteiger partial charge is 0.461 e. The highest BCUT2D eigenvalue weighted by Gasteiger charge is 2.11. The van der Waals surface area contributed by atoms with Crippen LogP contribution in [0, 0.1) is 0 Å². The fourth-order valence-electron chi connectivity index (χ4n) is 1.24. The van der Waals surface area contributed by atoms with Crippen molar-refractivity contribution < 1.29 is 9.53 Å². The van der Waals surface area contributed by atoms with E-state index >= 15 is 0 Å². The van der Waals surface area contributed by atoms with E-state index in [4.69, 9.17) is 16.3 Å². The van der Waals surface area contributed by atoms with Crippen LogP contribution in [-0.4, -0.2) is 19.7 Å². The van der Waals surface area contributed by atoms with Gasteiger partial charge in [-0.25, -0.2) is 0 Å². The molecule has 0 atom stereocenters. The van der Waals surface area contributed by atoms with Gasteiger partial charge in [0.25, 0.3) is 0 Å². The number of benzene rings is 1. The summed E-state index contributed by atoms with van der Waals surface area (Å²) < 4.78 is 4.93. The van der Waals surface area contributed by atoms with Crippen LogP contribution in [0.5, 0.6) is 0 Å². The summed E-state index contributed by atoms with van der Waals surface area (Å²) in [5, 5.41) is 5.88. The molecule has 0 spiro atoms. The highest BCUT2D eigenvalue weighted by Crippen LogP contribution is 2.27. The highest BCUT2D eigenvalue weighted by molar-refractivity contribution is 6.31. The maximum atomic E-state index is 10.8. The summed E-state index contributed by atoms with van der Waals surface area (Å²) in [4.78, 5) is 10.8. The van der Waals surface area contributed by atoms with Crippen LogP contribution in [0.3, 0.4) is 0 Å². The number of ether oxygens (including phenoxy) is 1. The Bertz CT molecular complexity index is 407. The molecular weight excluding hydrogens is 228 g/mol. The van der Waals surface area contributed by atoms with E-state index in [-0.39, 0.29) is 12.6 Å². The standard InChI is InChI=1S/C11H13ClN2O2/c1-8(15)16-7-9-10(12)5-4-6-11(9)14(3)13-2/h4-6H,2,7H2,1,3H3. The van der Waals surface area contributed by atoms with Gasteiger partial charge in [0.2, 0.25) is 0 Å².